The molecule has 1 aromatic rings. The minimum absolute atomic E-state index is 0.278. The Morgan fingerprint density at radius 3 is 1.89 bits per heavy atom. The van der Waals surface area contributed by atoms with E-state index in [0.29, 0.717) is 22.5 Å². The van der Waals surface area contributed by atoms with Gasteiger partial charge in [-0.2, -0.15) is 0 Å². The number of rotatable bonds is 6. The number of aromatic nitrogens is 2. The molecule has 0 saturated heterocycles. The monoisotopic (exact) mass is 407 g/mol. The Bertz CT molecular complexity index is 793. The van der Waals surface area contributed by atoms with E-state index < -0.39 is 17.9 Å². The molecule has 0 radical (unpaired) electrons. The van der Waals surface area contributed by atoms with Gasteiger partial charge < -0.3 is 19.4 Å². The first-order chi connectivity index (χ1) is 13.1. The summed E-state index contributed by atoms with van der Waals surface area (Å²) in [5.41, 5.74) is 2.83. The number of carbonyl (C=O) groups excluding carboxylic acids is 2. The van der Waals surface area contributed by atoms with E-state index in [4.69, 9.17) is 9.47 Å². The van der Waals surface area contributed by atoms with Gasteiger partial charge in [0.1, 0.15) is 0 Å². The van der Waals surface area contributed by atoms with Crippen molar-refractivity contribution in [3.63, 3.8) is 0 Å². The summed E-state index contributed by atoms with van der Waals surface area (Å²) in [6.07, 6.45) is 3.08. The van der Waals surface area contributed by atoms with Gasteiger partial charge in [-0.3, -0.25) is 0 Å². The largest absolute Gasteiger partial charge is 0.460 e. The second-order valence-electron chi connectivity index (χ2n) is 7.27. The first kappa shape index (κ1) is 22.1. The fraction of sp³-hybridized carbons (Fsp3) is 0.550. The summed E-state index contributed by atoms with van der Waals surface area (Å²) in [6.45, 7) is 10.8. The first-order valence-corrected chi connectivity index (χ1v) is 10.5. The minimum Gasteiger partial charge on any atom is -0.460 e. The minimum atomic E-state index is -0.628. The number of thioether (sulfide) groups is 1. The maximum Gasteiger partial charge on any atom is 0.337 e. The molecule has 1 aliphatic heterocycles. The Balaban J connectivity index is 2.66. The van der Waals surface area contributed by atoms with Crippen molar-refractivity contribution in [1.82, 2.24) is 14.9 Å². The van der Waals surface area contributed by atoms with Crippen LogP contribution in [0.5, 0.6) is 0 Å². The van der Waals surface area contributed by atoms with E-state index in [2.05, 4.69) is 10.3 Å². The van der Waals surface area contributed by atoms with Crippen LogP contribution in [0.3, 0.4) is 0 Å². The van der Waals surface area contributed by atoms with Crippen LogP contribution in [0, 0.1) is 0 Å². The number of hydrogen-bond acceptors (Lipinski definition) is 7. The third kappa shape index (κ3) is 4.43. The van der Waals surface area contributed by atoms with Crippen LogP contribution in [0.2, 0.25) is 0 Å². The molecular weight excluding hydrogens is 378 g/mol. The molecule has 0 aliphatic carbocycles. The fourth-order valence-electron chi connectivity index (χ4n) is 3.25. The highest BCUT2D eigenvalue weighted by atomic mass is 32.2. The molecule has 0 spiro atoms. The summed E-state index contributed by atoms with van der Waals surface area (Å²) in [5.74, 6) is -1.55. The number of nitrogens with one attached hydrogen (secondary N) is 1. The Kier molecular flexibility index (Phi) is 6.98. The van der Waals surface area contributed by atoms with Crippen molar-refractivity contribution >= 4 is 23.7 Å². The average Bonchev–Trinajstić information content (AvgIpc) is 2.92. The van der Waals surface area contributed by atoms with E-state index in [1.54, 1.807) is 33.9 Å². The molecule has 0 amide bonds. The van der Waals surface area contributed by atoms with Gasteiger partial charge in [0.15, 0.2) is 5.16 Å². The van der Waals surface area contributed by atoms with E-state index in [1.165, 1.54) is 11.8 Å². The Morgan fingerprint density at radius 1 is 1.07 bits per heavy atom. The van der Waals surface area contributed by atoms with Crippen molar-refractivity contribution in [1.29, 1.82) is 0 Å². The van der Waals surface area contributed by atoms with Gasteiger partial charge in [-0.1, -0.05) is 11.8 Å². The molecule has 1 aromatic heterocycles. The average molecular weight is 408 g/mol. The summed E-state index contributed by atoms with van der Waals surface area (Å²) in [6, 6.07) is 0. The van der Waals surface area contributed by atoms with Crippen molar-refractivity contribution in [2.45, 2.75) is 64.8 Å². The van der Waals surface area contributed by atoms with Gasteiger partial charge in [-0.15, -0.1) is 0 Å². The zero-order valence-corrected chi connectivity index (χ0v) is 18.6. The molecule has 0 atom stereocenters. The predicted octanol–water partition coefficient (Wildman–Crippen LogP) is 3.28. The van der Waals surface area contributed by atoms with E-state index in [1.807, 2.05) is 31.7 Å². The third-order valence-corrected chi connectivity index (χ3v) is 5.09. The molecule has 0 saturated carbocycles. The second-order valence-corrected chi connectivity index (χ2v) is 8.05. The molecule has 28 heavy (non-hydrogen) atoms. The van der Waals surface area contributed by atoms with E-state index >= 15 is 0 Å². The number of allylic oxidation sites excluding steroid dienone is 2. The van der Waals surface area contributed by atoms with Crippen molar-refractivity contribution in [2.75, 3.05) is 6.26 Å². The molecule has 154 valence electrons. The lowest BCUT2D eigenvalue weighted by molar-refractivity contribution is -0.143. The van der Waals surface area contributed by atoms with Crippen LogP contribution in [0.4, 0.5) is 0 Å². The Morgan fingerprint density at radius 2 is 1.54 bits per heavy atom. The maximum atomic E-state index is 13.0. The summed E-state index contributed by atoms with van der Waals surface area (Å²) >= 11 is 1.49. The number of esters is 2. The SMILES string of the molecule is CSc1ncc(C2C(C(=O)OC(C)C)=C(C)NC(C)=C2C(=O)OC(C)C)n1C. The predicted molar refractivity (Wildman–Crippen MR) is 109 cm³/mol. The Hall–Kier alpha value is -2.22. The van der Waals surface area contributed by atoms with Crippen LogP contribution >= 0.6 is 11.8 Å². The molecule has 1 N–H and O–H groups in total. The molecule has 0 bridgehead atoms. The third-order valence-electron chi connectivity index (χ3n) is 4.35. The molecule has 2 heterocycles. The quantitative estimate of drug-likeness (QED) is 0.572. The summed E-state index contributed by atoms with van der Waals surface area (Å²) < 4.78 is 12.9. The van der Waals surface area contributed by atoms with Gasteiger partial charge in [-0.05, 0) is 47.8 Å². The number of ether oxygens (including phenoxy) is 2. The summed E-state index contributed by atoms with van der Waals surface area (Å²) in [5, 5.41) is 3.94. The Labute approximate surface area is 170 Å². The molecule has 7 nitrogen and oxygen atoms in total. The van der Waals surface area contributed by atoms with Gasteiger partial charge in [0.25, 0.3) is 0 Å². The lowest BCUT2D eigenvalue weighted by atomic mass is 9.83. The number of imidazole rings is 1. The fourth-order valence-corrected chi connectivity index (χ4v) is 3.79. The van der Waals surface area contributed by atoms with Crippen molar-refractivity contribution in [3.05, 3.63) is 34.4 Å². The van der Waals surface area contributed by atoms with Gasteiger partial charge >= 0.3 is 11.9 Å². The summed E-state index contributed by atoms with van der Waals surface area (Å²) in [7, 11) is 1.87. The van der Waals surface area contributed by atoms with Crippen LogP contribution in [-0.4, -0.2) is 40.0 Å². The van der Waals surface area contributed by atoms with E-state index in [9.17, 15) is 9.59 Å². The molecule has 0 fully saturated rings. The molecule has 8 heteroatoms. The van der Waals surface area contributed by atoms with Gasteiger partial charge in [-0.25, -0.2) is 14.6 Å². The van der Waals surface area contributed by atoms with Crippen LogP contribution < -0.4 is 5.32 Å². The highest BCUT2D eigenvalue weighted by Gasteiger charge is 2.40. The smallest absolute Gasteiger partial charge is 0.337 e. The highest BCUT2D eigenvalue weighted by molar-refractivity contribution is 7.98. The molecule has 0 unspecified atom stereocenters. The number of dihydropyridines is 1. The summed E-state index contributed by atoms with van der Waals surface area (Å²) in [4.78, 5) is 30.3. The van der Waals surface area contributed by atoms with Gasteiger partial charge in [0.2, 0.25) is 0 Å². The van der Waals surface area contributed by atoms with E-state index in [-0.39, 0.29) is 12.2 Å². The van der Waals surface area contributed by atoms with Crippen molar-refractivity contribution in [3.8, 4) is 0 Å². The molecule has 2 rings (SSSR count). The van der Waals surface area contributed by atoms with Crippen molar-refractivity contribution < 1.29 is 19.1 Å². The van der Waals surface area contributed by atoms with Crippen LogP contribution in [0.1, 0.15) is 53.2 Å². The topological polar surface area (TPSA) is 82.4 Å². The van der Waals surface area contributed by atoms with Crippen LogP contribution in [0.15, 0.2) is 33.9 Å². The number of carbonyl (C=O) groups is 2. The molecule has 1 aliphatic rings. The van der Waals surface area contributed by atoms with Crippen LogP contribution in [0.25, 0.3) is 0 Å². The lowest BCUT2D eigenvalue weighted by Gasteiger charge is -2.31. The number of hydrogen-bond donors (Lipinski definition) is 1. The zero-order chi connectivity index (χ0) is 21.2. The van der Waals surface area contributed by atoms with Gasteiger partial charge in [0, 0.05) is 18.4 Å². The molecule has 0 aromatic carbocycles. The van der Waals surface area contributed by atoms with Gasteiger partial charge in [0.05, 0.1) is 41.2 Å². The zero-order valence-electron chi connectivity index (χ0n) is 17.7. The standard InChI is InChI=1S/C20H29N3O4S/c1-10(2)26-18(24)15-12(5)22-13(6)16(19(25)27-11(3)4)17(15)14-9-21-20(28-8)23(14)7/h9-11,17,22H,1-8H3. The normalized spacial score (nSPS) is 15.4. The highest BCUT2D eigenvalue weighted by Crippen LogP contribution is 2.40. The second kappa shape index (κ2) is 8.86. The first-order valence-electron chi connectivity index (χ1n) is 9.24. The van der Waals surface area contributed by atoms with Crippen LogP contribution in [-0.2, 0) is 26.1 Å². The molecular formula is C20H29N3O4S. The van der Waals surface area contributed by atoms with Crippen molar-refractivity contribution in [2.24, 2.45) is 7.05 Å². The maximum absolute atomic E-state index is 13.0. The number of nitrogens with zero attached hydrogens (tertiary/aromatic N) is 2. The van der Waals surface area contributed by atoms with E-state index in [0.717, 1.165) is 10.9 Å². The lowest BCUT2D eigenvalue weighted by Crippen LogP contribution is -2.34.